The van der Waals surface area contributed by atoms with Crippen LogP contribution in [0.4, 0.5) is 0 Å². The number of rotatable bonds is 7. The van der Waals surface area contributed by atoms with Gasteiger partial charge in [0.15, 0.2) is 0 Å². The molecule has 0 spiro atoms. The highest BCUT2D eigenvalue weighted by Crippen LogP contribution is 2.34. The first-order valence-electron chi connectivity index (χ1n) is 12.7. The van der Waals surface area contributed by atoms with Crippen molar-refractivity contribution in [1.29, 1.82) is 0 Å². The lowest BCUT2D eigenvalue weighted by atomic mass is 9.90. The average Bonchev–Trinajstić information content (AvgIpc) is 2.90. The molecule has 1 heterocycles. The third-order valence-corrected chi connectivity index (χ3v) is 6.89. The fourth-order valence-corrected chi connectivity index (χ4v) is 4.57. The summed E-state index contributed by atoms with van der Waals surface area (Å²) in [6, 6.07) is 24.2. The number of aliphatic hydroxyl groups is 4. The Morgan fingerprint density at radius 3 is 2.08 bits per heavy atom. The van der Waals surface area contributed by atoms with Gasteiger partial charge >= 0.3 is 0 Å². The molecule has 0 aromatic heterocycles. The van der Waals surface area contributed by atoms with Crippen LogP contribution in [0.25, 0.3) is 0 Å². The van der Waals surface area contributed by atoms with E-state index in [1.807, 2.05) is 31.2 Å². The van der Waals surface area contributed by atoms with Gasteiger partial charge in [0.1, 0.15) is 30.5 Å². The Bertz CT molecular complexity index is 1090. The molecule has 1 aliphatic rings. The van der Waals surface area contributed by atoms with Gasteiger partial charge in [-0.3, -0.25) is 0 Å². The van der Waals surface area contributed by atoms with Gasteiger partial charge in [0.25, 0.3) is 0 Å². The number of hydrogen-bond acceptors (Lipinski definition) is 6. The van der Waals surface area contributed by atoms with Crippen molar-refractivity contribution in [3.63, 3.8) is 0 Å². The zero-order chi connectivity index (χ0) is 26.9. The van der Waals surface area contributed by atoms with Crippen molar-refractivity contribution in [3.05, 3.63) is 106 Å². The van der Waals surface area contributed by atoms with Crippen LogP contribution in [0.1, 0.15) is 47.8 Å². The second-order valence-corrected chi connectivity index (χ2v) is 10.0. The molecule has 0 unspecified atom stereocenters. The molecule has 8 heteroatoms. The fraction of sp³-hybridized carbons (Fsp3) is 0.400. The van der Waals surface area contributed by atoms with Gasteiger partial charge in [-0.2, -0.15) is 0 Å². The van der Waals surface area contributed by atoms with E-state index in [-0.39, 0.29) is 11.5 Å². The Morgan fingerprint density at radius 1 is 0.868 bits per heavy atom. The molecule has 208 valence electrons. The van der Waals surface area contributed by atoms with E-state index in [1.54, 1.807) is 12.1 Å². The standard InChI is InChI=1S/C21H25ClO5.C9H13N.H2O/c1-2-12-3-5-13(6-4-12)9-15-10-14(7-8-16(15)22)21-20(26)19(25)18(24)17(11-23)27-21;1-8(10)7-9-5-3-2-4-6-9;/h3-8,10,17-21,23-26H,2,9,11H2,1H3;2-6,8H,7,10H2,1H3;1H2/t17-,18-,19+,20-,21+;8-;/m11./s1. The van der Waals surface area contributed by atoms with Crippen LogP contribution in [0.15, 0.2) is 72.8 Å². The molecule has 4 rings (SSSR count). The lowest BCUT2D eigenvalue weighted by Gasteiger charge is -2.40. The largest absolute Gasteiger partial charge is 0.412 e. The lowest BCUT2D eigenvalue weighted by molar-refractivity contribution is -0.231. The molecule has 0 aliphatic carbocycles. The summed E-state index contributed by atoms with van der Waals surface area (Å²) in [5.41, 5.74) is 10.8. The van der Waals surface area contributed by atoms with Crippen LogP contribution < -0.4 is 5.73 Å². The molecule has 1 saturated heterocycles. The molecule has 0 radical (unpaired) electrons. The molecule has 1 aliphatic heterocycles. The molecular weight excluding hydrogens is 506 g/mol. The van der Waals surface area contributed by atoms with Gasteiger partial charge in [-0.25, -0.2) is 0 Å². The Hall–Kier alpha value is -2.33. The number of aliphatic hydroxyl groups excluding tert-OH is 4. The van der Waals surface area contributed by atoms with Crippen LogP contribution in [0.2, 0.25) is 5.02 Å². The summed E-state index contributed by atoms with van der Waals surface area (Å²) in [5, 5.41) is 40.3. The highest BCUT2D eigenvalue weighted by atomic mass is 35.5. The van der Waals surface area contributed by atoms with E-state index in [0.29, 0.717) is 17.0 Å². The molecule has 0 saturated carbocycles. The molecule has 3 aromatic carbocycles. The molecule has 3 aromatic rings. The van der Waals surface area contributed by atoms with E-state index >= 15 is 0 Å². The van der Waals surface area contributed by atoms with Crippen LogP contribution in [-0.2, 0) is 24.0 Å². The van der Waals surface area contributed by atoms with Crippen molar-refractivity contribution in [3.8, 4) is 0 Å². The summed E-state index contributed by atoms with van der Waals surface area (Å²) in [5.74, 6) is 0. The SMILES string of the molecule is CCc1ccc(Cc2cc([C@@H]3O[C@H](CO)[C@@H](O)[C@H](O)[C@H]3O)ccc2Cl)cc1.C[C@@H](N)Cc1ccccc1.O. The summed E-state index contributed by atoms with van der Waals surface area (Å²) in [7, 11) is 0. The first-order valence-corrected chi connectivity index (χ1v) is 13.1. The van der Waals surface area contributed by atoms with Crippen molar-refractivity contribution in [2.45, 2.75) is 69.7 Å². The van der Waals surface area contributed by atoms with E-state index < -0.39 is 37.1 Å². The summed E-state index contributed by atoms with van der Waals surface area (Å²) >= 11 is 6.36. The second-order valence-electron chi connectivity index (χ2n) is 9.61. The van der Waals surface area contributed by atoms with Crippen molar-refractivity contribution in [2.24, 2.45) is 5.73 Å². The van der Waals surface area contributed by atoms with Gasteiger partial charge < -0.3 is 36.4 Å². The zero-order valence-electron chi connectivity index (χ0n) is 21.9. The molecule has 1 fully saturated rings. The van der Waals surface area contributed by atoms with Crippen LogP contribution in [0, 0.1) is 0 Å². The zero-order valence-corrected chi connectivity index (χ0v) is 22.6. The summed E-state index contributed by atoms with van der Waals surface area (Å²) in [6.45, 7) is 3.68. The number of ether oxygens (including phenoxy) is 1. The number of halogens is 1. The van der Waals surface area contributed by atoms with E-state index in [4.69, 9.17) is 22.1 Å². The maximum atomic E-state index is 10.3. The summed E-state index contributed by atoms with van der Waals surface area (Å²) < 4.78 is 5.64. The minimum absolute atomic E-state index is 0. The number of hydrogen-bond donors (Lipinski definition) is 5. The van der Waals surface area contributed by atoms with Gasteiger partial charge in [-0.1, -0.05) is 85.3 Å². The predicted octanol–water partition coefficient (Wildman–Crippen LogP) is 2.76. The molecule has 6 atom stereocenters. The lowest BCUT2D eigenvalue weighted by Crippen LogP contribution is -2.55. The molecule has 7 nitrogen and oxygen atoms in total. The smallest absolute Gasteiger partial charge is 0.113 e. The first-order chi connectivity index (χ1) is 17.7. The van der Waals surface area contributed by atoms with E-state index in [0.717, 1.165) is 24.0 Å². The molecular formula is C30H40ClNO6. The molecule has 0 amide bonds. The first kappa shape index (κ1) is 31.9. The van der Waals surface area contributed by atoms with Gasteiger partial charge in [-0.15, -0.1) is 0 Å². The average molecular weight is 546 g/mol. The maximum absolute atomic E-state index is 10.3. The van der Waals surface area contributed by atoms with Gasteiger partial charge in [0, 0.05) is 11.1 Å². The fourth-order valence-electron chi connectivity index (χ4n) is 4.38. The van der Waals surface area contributed by atoms with Crippen LogP contribution in [0.5, 0.6) is 0 Å². The highest BCUT2D eigenvalue weighted by molar-refractivity contribution is 6.31. The quantitative estimate of drug-likeness (QED) is 0.308. The Labute approximate surface area is 229 Å². The van der Waals surface area contributed by atoms with Gasteiger partial charge in [0.2, 0.25) is 0 Å². The maximum Gasteiger partial charge on any atom is 0.113 e. The predicted molar refractivity (Wildman–Crippen MR) is 150 cm³/mol. The Morgan fingerprint density at radius 2 is 1.50 bits per heavy atom. The summed E-state index contributed by atoms with van der Waals surface area (Å²) in [4.78, 5) is 0. The van der Waals surface area contributed by atoms with Gasteiger partial charge in [-0.05, 0) is 60.1 Å². The molecule has 0 bridgehead atoms. The number of benzene rings is 3. The highest BCUT2D eigenvalue weighted by Gasteiger charge is 2.44. The molecule has 38 heavy (non-hydrogen) atoms. The minimum atomic E-state index is -1.40. The second kappa shape index (κ2) is 15.3. The molecule has 8 N–H and O–H groups in total. The Kier molecular flexibility index (Phi) is 12.8. The van der Waals surface area contributed by atoms with Crippen molar-refractivity contribution >= 4 is 11.6 Å². The topological polar surface area (TPSA) is 148 Å². The number of aryl methyl sites for hydroxylation is 1. The number of nitrogens with two attached hydrogens (primary N) is 1. The van der Waals surface area contributed by atoms with E-state index in [2.05, 4.69) is 43.3 Å². The van der Waals surface area contributed by atoms with Crippen molar-refractivity contribution in [2.75, 3.05) is 6.61 Å². The van der Waals surface area contributed by atoms with E-state index in [1.165, 1.54) is 11.1 Å². The van der Waals surface area contributed by atoms with Crippen molar-refractivity contribution in [1.82, 2.24) is 0 Å². The third-order valence-electron chi connectivity index (χ3n) is 6.52. The van der Waals surface area contributed by atoms with Gasteiger partial charge in [0.05, 0.1) is 6.61 Å². The third kappa shape index (κ3) is 8.59. The monoisotopic (exact) mass is 545 g/mol. The summed E-state index contributed by atoms with van der Waals surface area (Å²) in [6.07, 6.45) is -3.30. The minimum Gasteiger partial charge on any atom is -0.412 e. The Balaban J connectivity index is 0.000000389. The normalized spacial score (nSPS) is 23.5. The van der Waals surface area contributed by atoms with E-state index in [9.17, 15) is 20.4 Å². The van der Waals surface area contributed by atoms with Crippen LogP contribution in [-0.4, -0.2) is 63.0 Å². The van der Waals surface area contributed by atoms with Crippen LogP contribution in [0.3, 0.4) is 0 Å². The van der Waals surface area contributed by atoms with Crippen molar-refractivity contribution < 1.29 is 30.6 Å². The van der Waals surface area contributed by atoms with Crippen LogP contribution >= 0.6 is 11.6 Å².